The van der Waals surface area contributed by atoms with E-state index in [4.69, 9.17) is 11.6 Å². The Balaban J connectivity index is 2.54. The van der Waals surface area contributed by atoms with Gasteiger partial charge < -0.3 is 4.72 Å². The van der Waals surface area contributed by atoms with Crippen molar-refractivity contribution in [2.75, 3.05) is 0 Å². The quantitative estimate of drug-likeness (QED) is 0.627. The molecule has 1 aliphatic rings. The second kappa shape index (κ2) is 2.75. The molecule has 1 heterocycles. The minimum Gasteiger partial charge on any atom is -0.316 e. The van der Waals surface area contributed by atoms with Gasteiger partial charge in [0.05, 0.1) is 16.9 Å². The summed E-state index contributed by atoms with van der Waals surface area (Å²) in [5.41, 5.74) is 0.932. The number of aliphatic imine (C=N–C) groups is 1. The molecule has 11 heavy (non-hydrogen) atoms. The Morgan fingerprint density at radius 3 is 3.27 bits per heavy atom. The predicted molar refractivity (Wildman–Crippen MR) is 48.6 cm³/mol. The third kappa shape index (κ3) is 1.34. The molecule has 0 radical (unpaired) electrons. The van der Waals surface area contributed by atoms with Gasteiger partial charge in [-0.2, -0.15) is 0 Å². The number of benzene rings is 1. The van der Waals surface area contributed by atoms with E-state index in [1.54, 1.807) is 6.34 Å². The molecular formula is C7H5ClN2S. The van der Waals surface area contributed by atoms with Gasteiger partial charge in [0, 0.05) is 5.02 Å². The highest BCUT2D eigenvalue weighted by Crippen LogP contribution is 2.31. The zero-order valence-electron chi connectivity index (χ0n) is 5.54. The second-order valence-corrected chi connectivity index (χ2v) is 3.41. The maximum Gasteiger partial charge on any atom is 0.0988 e. The van der Waals surface area contributed by atoms with Crippen LogP contribution in [-0.2, 0) is 0 Å². The van der Waals surface area contributed by atoms with Gasteiger partial charge >= 0.3 is 0 Å². The molecule has 0 amide bonds. The average molecular weight is 185 g/mol. The Kier molecular flexibility index (Phi) is 1.75. The van der Waals surface area contributed by atoms with Crippen LogP contribution >= 0.6 is 23.5 Å². The van der Waals surface area contributed by atoms with E-state index in [1.165, 1.54) is 11.9 Å². The van der Waals surface area contributed by atoms with Crippen LogP contribution in [0.3, 0.4) is 0 Å². The Hall–Kier alpha value is -0.670. The first-order valence-electron chi connectivity index (χ1n) is 3.11. The summed E-state index contributed by atoms with van der Waals surface area (Å²) in [6, 6.07) is 5.66. The van der Waals surface area contributed by atoms with Gasteiger partial charge in [-0.15, -0.1) is 0 Å². The molecule has 2 nitrogen and oxygen atoms in total. The number of hydrogen-bond donors (Lipinski definition) is 1. The van der Waals surface area contributed by atoms with E-state index >= 15 is 0 Å². The summed E-state index contributed by atoms with van der Waals surface area (Å²) in [5, 5.41) is 0.725. The van der Waals surface area contributed by atoms with E-state index in [2.05, 4.69) is 9.71 Å². The topological polar surface area (TPSA) is 24.4 Å². The normalized spacial score (nSPS) is 13.9. The summed E-state index contributed by atoms with van der Waals surface area (Å²) in [6.45, 7) is 0. The van der Waals surface area contributed by atoms with E-state index in [9.17, 15) is 0 Å². The van der Waals surface area contributed by atoms with Gasteiger partial charge in [0.1, 0.15) is 0 Å². The Bertz CT molecular complexity index is 311. The second-order valence-electron chi connectivity index (χ2n) is 2.09. The predicted octanol–water partition coefficient (Wildman–Crippen LogP) is 2.61. The van der Waals surface area contributed by atoms with Crippen LogP contribution in [0, 0.1) is 0 Å². The Labute approximate surface area is 73.8 Å². The van der Waals surface area contributed by atoms with Gasteiger partial charge in [-0.25, -0.2) is 4.99 Å². The van der Waals surface area contributed by atoms with Crippen molar-refractivity contribution in [2.24, 2.45) is 4.99 Å². The van der Waals surface area contributed by atoms with Gasteiger partial charge in [0.15, 0.2) is 0 Å². The average Bonchev–Trinajstić information content (AvgIpc) is 2.04. The molecule has 56 valence electrons. The highest BCUT2D eigenvalue weighted by Gasteiger charge is 2.04. The summed E-state index contributed by atoms with van der Waals surface area (Å²) < 4.78 is 2.94. The lowest BCUT2D eigenvalue weighted by molar-refractivity contribution is 1.32. The van der Waals surface area contributed by atoms with Crippen molar-refractivity contribution in [3.8, 4) is 0 Å². The number of fused-ring (bicyclic) bond motifs is 1. The fourth-order valence-electron chi connectivity index (χ4n) is 0.863. The van der Waals surface area contributed by atoms with Crippen LogP contribution in [0.5, 0.6) is 0 Å². The molecule has 1 N–H and O–H groups in total. The molecule has 0 atom stereocenters. The molecule has 0 aliphatic carbocycles. The van der Waals surface area contributed by atoms with E-state index in [1.807, 2.05) is 18.2 Å². The fourth-order valence-corrected chi connectivity index (χ4v) is 1.61. The molecule has 0 saturated heterocycles. The standard InChI is InChI=1S/C7H5ClN2S/c8-5-1-2-7-6(3-5)9-4-10-11-7/h1-4H,(H,9,10). The molecule has 4 heteroatoms. The molecule has 0 unspecified atom stereocenters. The smallest absolute Gasteiger partial charge is 0.0988 e. The zero-order chi connectivity index (χ0) is 7.68. The Morgan fingerprint density at radius 1 is 1.45 bits per heavy atom. The molecule has 0 fully saturated rings. The summed E-state index contributed by atoms with van der Waals surface area (Å²) in [6.07, 6.45) is 1.66. The van der Waals surface area contributed by atoms with Crippen molar-refractivity contribution < 1.29 is 0 Å². The van der Waals surface area contributed by atoms with Gasteiger partial charge in [0.2, 0.25) is 0 Å². The summed E-state index contributed by atoms with van der Waals surface area (Å²) in [4.78, 5) is 5.22. The molecule has 0 bridgehead atoms. The van der Waals surface area contributed by atoms with Gasteiger partial charge in [0.25, 0.3) is 0 Å². The number of nitrogens with one attached hydrogen (secondary N) is 1. The van der Waals surface area contributed by atoms with Crippen LogP contribution in [0.2, 0.25) is 5.02 Å². The van der Waals surface area contributed by atoms with Crippen molar-refractivity contribution in [2.45, 2.75) is 4.90 Å². The highest BCUT2D eigenvalue weighted by molar-refractivity contribution is 7.98. The maximum atomic E-state index is 5.77. The van der Waals surface area contributed by atoms with Crippen molar-refractivity contribution in [3.05, 3.63) is 23.2 Å². The minimum atomic E-state index is 0.725. The first kappa shape index (κ1) is 7.00. The highest BCUT2D eigenvalue weighted by atomic mass is 35.5. The summed E-state index contributed by atoms with van der Waals surface area (Å²) >= 11 is 7.31. The number of hydrogen-bond acceptors (Lipinski definition) is 3. The molecule has 1 aliphatic heterocycles. The van der Waals surface area contributed by atoms with Gasteiger partial charge in [-0.05, 0) is 30.1 Å². The number of halogens is 1. The third-order valence-corrected chi connectivity index (χ3v) is 2.37. The Morgan fingerprint density at radius 2 is 2.36 bits per heavy atom. The van der Waals surface area contributed by atoms with Crippen molar-refractivity contribution in [3.63, 3.8) is 0 Å². The minimum absolute atomic E-state index is 0.725. The molecular weight excluding hydrogens is 180 g/mol. The maximum absolute atomic E-state index is 5.77. The van der Waals surface area contributed by atoms with Crippen LogP contribution in [0.1, 0.15) is 0 Å². The number of nitrogens with zero attached hydrogens (tertiary/aromatic N) is 1. The molecule has 1 aromatic carbocycles. The largest absolute Gasteiger partial charge is 0.316 e. The van der Waals surface area contributed by atoms with Crippen LogP contribution in [0.25, 0.3) is 0 Å². The number of rotatable bonds is 0. The molecule has 0 spiro atoms. The van der Waals surface area contributed by atoms with Crippen molar-refractivity contribution in [1.82, 2.24) is 4.72 Å². The summed E-state index contributed by atoms with van der Waals surface area (Å²) in [5.74, 6) is 0. The first-order chi connectivity index (χ1) is 5.36. The first-order valence-corrected chi connectivity index (χ1v) is 4.30. The van der Waals surface area contributed by atoms with Crippen LogP contribution in [-0.4, -0.2) is 6.34 Å². The van der Waals surface area contributed by atoms with Gasteiger partial charge in [-0.3, -0.25) is 0 Å². The van der Waals surface area contributed by atoms with Crippen molar-refractivity contribution in [1.29, 1.82) is 0 Å². The van der Waals surface area contributed by atoms with E-state index in [0.29, 0.717) is 0 Å². The van der Waals surface area contributed by atoms with Crippen molar-refractivity contribution >= 4 is 35.6 Å². The van der Waals surface area contributed by atoms with Crippen LogP contribution in [0.15, 0.2) is 28.1 Å². The molecule has 0 aromatic heterocycles. The third-order valence-electron chi connectivity index (χ3n) is 1.35. The SMILES string of the molecule is Clc1ccc2c(c1)N=CNS2. The van der Waals surface area contributed by atoms with E-state index < -0.39 is 0 Å². The zero-order valence-corrected chi connectivity index (χ0v) is 7.12. The fraction of sp³-hybridized carbons (Fsp3) is 0. The lowest BCUT2D eigenvalue weighted by atomic mass is 10.3. The lowest BCUT2D eigenvalue weighted by Gasteiger charge is -2.08. The monoisotopic (exact) mass is 184 g/mol. The van der Waals surface area contributed by atoms with E-state index in [-0.39, 0.29) is 0 Å². The van der Waals surface area contributed by atoms with E-state index in [0.717, 1.165) is 15.6 Å². The summed E-state index contributed by atoms with van der Waals surface area (Å²) in [7, 11) is 0. The molecule has 1 aromatic rings. The lowest BCUT2D eigenvalue weighted by Crippen LogP contribution is -2.02. The van der Waals surface area contributed by atoms with Crippen LogP contribution in [0.4, 0.5) is 5.69 Å². The molecule has 0 saturated carbocycles. The molecule has 2 rings (SSSR count). The van der Waals surface area contributed by atoms with Gasteiger partial charge in [-0.1, -0.05) is 11.6 Å². The van der Waals surface area contributed by atoms with Crippen LogP contribution < -0.4 is 4.72 Å².